The topological polar surface area (TPSA) is 83.8 Å². The van der Waals surface area contributed by atoms with Gasteiger partial charge < -0.3 is 16.0 Å². The molecule has 5 heteroatoms. The molecule has 112 valence electrons. The minimum atomic E-state index is -0.483. The molecule has 1 fully saturated rings. The number of nitrogens with zero attached hydrogens (tertiary/aromatic N) is 1. The number of nitrogens with two attached hydrogens (primary N) is 1. The van der Waals surface area contributed by atoms with Gasteiger partial charge in [0.15, 0.2) is 0 Å². The molecule has 1 atom stereocenters. The quantitative estimate of drug-likeness (QED) is 0.788. The van der Waals surface area contributed by atoms with Crippen molar-refractivity contribution in [1.29, 1.82) is 0 Å². The van der Waals surface area contributed by atoms with Crippen LogP contribution in [0.3, 0.4) is 0 Å². The summed E-state index contributed by atoms with van der Waals surface area (Å²) < 4.78 is 0. The molecule has 1 aliphatic carbocycles. The fourth-order valence-corrected chi connectivity index (χ4v) is 3.27. The lowest BCUT2D eigenvalue weighted by molar-refractivity contribution is 0.0996. The van der Waals surface area contributed by atoms with Gasteiger partial charge >= 0.3 is 0 Å². The standard InChI is InChI=1S/C16H22N4O/c1-10(11-4-2-3-5-11)19-9-12-8-14(16(17)21)20-13-6-7-18-15(12)13/h6-8,10-11,18-19H,2-5,9H2,1H3,(H2,17,21). The number of fused-ring (bicyclic) bond motifs is 1. The molecular weight excluding hydrogens is 264 g/mol. The molecule has 1 unspecified atom stereocenters. The van der Waals surface area contributed by atoms with E-state index in [1.807, 2.05) is 12.3 Å². The lowest BCUT2D eigenvalue weighted by atomic mass is 9.99. The summed E-state index contributed by atoms with van der Waals surface area (Å²) in [4.78, 5) is 18.9. The van der Waals surface area contributed by atoms with Crippen LogP contribution in [0.4, 0.5) is 0 Å². The lowest BCUT2D eigenvalue weighted by Gasteiger charge is -2.20. The summed E-state index contributed by atoms with van der Waals surface area (Å²) in [5.41, 5.74) is 8.50. The highest BCUT2D eigenvalue weighted by Crippen LogP contribution is 2.28. The fourth-order valence-electron chi connectivity index (χ4n) is 3.27. The minimum Gasteiger partial charge on any atom is -0.364 e. The summed E-state index contributed by atoms with van der Waals surface area (Å²) in [6.07, 6.45) is 7.16. The van der Waals surface area contributed by atoms with Crippen molar-refractivity contribution in [3.05, 3.63) is 29.6 Å². The zero-order valence-corrected chi connectivity index (χ0v) is 12.4. The van der Waals surface area contributed by atoms with E-state index < -0.39 is 5.91 Å². The van der Waals surface area contributed by atoms with Crippen molar-refractivity contribution in [1.82, 2.24) is 15.3 Å². The Kier molecular flexibility index (Phi) is 3.92. The van der Waals surface area contributed by atoms with Crippen LogP contribution in [0.5, 0.6) is 0 Å². The predicted octanol–water partition coefficient (Wildman–Crippen LogP) is 2.33. The second kappa shape index (κ2) is 5.85. The average Bonchev–Trinajstić information content (AvgIpc) is 3.14. The van der Waals surface area contributed by atoms with E-state index in [-0.39, 0.29) is 0 Å². The number of aromatic amines is 1. The molecule has 21 heavy (non-hydrogen) atoms. The minimum absolute atomic E-state index is 0.326. The number of pyridine rings is 1. The molecule has 0 spiro atoms. The number of rotatable bonds is 5. The third-order valence-corrected chi connectivity index (χ3v) is 4.57. The number of H-pyrrole nitrogens is 1. The van der Waals surface area contributed by atoms with E-state index in [0.29, 0.717) is 11.7 Å². The van der Waals surface area contributed by atoms with Gasteiger partial charge in [0.25, 0.3) is 5.91 Å². The summed E-state index contributed by atoms with van der Waals surface area (Å²) >= 11 is 0. The maximum absolute atomic E-state index is 11.4. The second-order valence-corrected chi connectivity index (χ2v) is 5.98. The molecule has 0 aromatic carbocycles. The number of carbonyl (C=O) groups excluding carboxylic acids is 1. The Hall–Kier alpha value is -1.88. The summed E-state index contributed by atoms with van der Waals surface area (Å²) in [7, 11) is 0. The first-order valence-corrected chi connectivity index (χ1v) is 7.65. The first kappa shape index (κ1) is 14.1. The Bertz CT molecular complexity index is 643. The van der Waals surface area contributed by atoms with E-state index in [1.165, 1.54) is 25.7 Å². The zero-order valence-electron chi connectivity index (χ0n) is 12.4. The molecule has 1 saturated carbocycles. The summed E-state index contributed by atoms with van der Waals surface area (Å²) in [5, 5.41) is 3.59. The summed E-state index contributed by atoms with van der Waals surface area (Å²) in [6.45, 7) is 2.97. The molecule has 0 bridgehead atoms. The third kappa shape index (κ3) is 2.93. The van der Waals surface area contributed by atoms with Crippen molar-refractivity contribution in [3.63, 3.8) is 0 Å². The van der Waals surface area contributed by atoms with Gasteiger partial charge in [0.2, 0.25) is 0 Å². The van der Waals surface area contributed by atoms with Gasteiger partial charge in [0, 0.05) is 18.8 Å². The number of primary amides is 1. The number of hydrogen-bond donors (Lipinski definition) is 3. The highest BCUT2D eigenvalue weighted by Gasteiger charge is 2.21. The molecule has 5 nitrogen and oxygen atoms in total. The molecule has 4 N–H and O–H groups in total. The molecule has 0 radical (unpaired) electrons. The van der Waals surface area contributed by atoms with Gasteiger partial charge in [0.05, 0.1) is 11.0 Å². The van der Waals surface area contributed by atoms with Gasteiger partial charge in [-0.05, 0) is 43.4 Å². The van der Waals surface area contributed by atoms with Crippen molar-refractivity contribution < 1.29 is 4.79 Å². The van der Waals surface area contributed by atoms with Crippen molar-refractivity contribution in [2.75, 3.05) is 0 Å². The second-order valence-electron chi connectivity index (χ2n) is 5.98. The van der Waals surface area contributed by atoms with Crippen LogP contribution >= 0.6 is 0 Å². The number of hydrogen-bond acceptors (Lipinski definition) is 3. The molecule has 1 amide bonds. The zero-order chi connectivity index (χ0) is 14.8. The van der Waals surface area contributed by atoms with E-state index >= 15 is 0 Å². The van der Waals surface area contributed by atoms with Crippen LogP contribution in [0.2, 0.25) is 0 Å². The van der Waals surface area contributed by atoms with Gasteiger partial charge in [-0.25, -0.2) is 4.98 Å². The molecular formula is C16H22N4O. The van der Waals surface area contributed by atoms with Gasteiger partial charge in [-0.2, -0.15) is 0 Å². The maximum Gasteiger partial charge on any atom is 0.267 e. The first-order chi connectivity index (χ1) is 10.1. The Morgan fingerprint density at radius 1 is 1.52 bits per heavy atom. The Morgan fingerprint density at radius 2 is 2.29 bits per heavy atom. The van der Waals surface area contributed by atoms with Gasteiger partial charge in [0.1, 0.15) is 5.69 Å². The van der Waals surface area contributed by atoms with Crippen LogP contribution in [0.15, 0.2) is 18.3 Å². The number of aromatic nitrogens is 2. The Morgan fingerprint density at radius 3 is 3.00 bits per heavy atom. The normalized spacial score (nSPS) is 17.4. The van der Waals surface area contributed by atoms with E-state index in [0.717, 1.165) is 29.1 Å². The lowest BCUT2D eigenvalue weighted by Crippen LogP contribution is -2.32. The van der Waals surface area contributed by atoms with Crippen LogP contribution in [-0.2, 0) is 6.54 Å². The number of amides is 1. The maximum atomic E-state index is 11.4. The Labute approximate surface area is 124 Å². The van der Waals surface area contributed by atoms with E-state index in [2.05, 4.69) is 22.2 Å². The van der Waals surface area contributed by atoms with Crippen molar-refractivity contribution >= 4 is 16.9 Å². The van der Waals surface area contributed by atoms with Crippen molar-refractivity contribution in [2.24, 2.45) is 11.7 Å². The van der Waals surface area contributed by atoms with Gasteiger partial charge in [-0.1, -0.05) is 12.8 Å². The molecule has 3 rings (SSSR count). The van der Waals surface area contributed by atoms with Crippen LogP contribution in [0.1, 0.15) is 48.7 Å². The molecule has 0 aliphatic heterocycles. The average molecular weight is 286 g/mol. The molecule has 2 aromatic rings. The van der Waals surface area contributed by atoms with Gasteiger partial charge in [-0.15, -0.1) is 0 Å². The van der Waals surface area contributed by atoms with E-state index in [1.54, 1.807) is 6.07 Å². The Balaban J connectivity index is 1.78. The highest BCUT2D eigenvalue weighted by molar-refractivity contribution is 5.94. The third-order valence-electron chi connectivity index (χ3n) is 4.57. The molecule has 2 heterocycles. The van der Waals surface area contributed by atoms with Crippen molar-refractivity contribution in [2.45, 2.75) is 45.2 Å². The molecule has 0 saturated heterocycles. The van der Waals surface area contributed by atoms with Crippen LogP contribution in [0.25, 0.3) is 11.0 Å². The van der Waals surface area contributed by atoms with Crippen LogP contribution in [0, 0.1) is 5.92 Å². The molecule has 1 aliphatic rings. The van der Waals surface area contributed by atoms with Gasteiger partial charge in [-0.3, -0.25) is 4.79 Å². The van der Waals surface area contributed by atoms with E-state index in [9.17, 15) is 4.79 Å². The van der Waals surface area contributed by atoms with Crippen molar-refractivity contribution in [3.8, 4) is 0 Å². The smallest absolute Gasteiger partial charge is 0.267 e. The molecule has 2 aromatic heterocycles. The number of carbonyl (C=O) groups is 1. The largest absolute Gasteiger partial charge is 0.364 e. The highest BCUT2D eigenvalue weighted by atomic mass is 16.1. The number of nitrogens with one attached hydrogen (secondary N) is 2. The van der Waals surface area contributed by atoms with Crippen LogP contribution < -0.4 is 11.1 Å². The van der Waals surface area contributed by atoms with E-state index in [4.69, 9.17) is 5.73 Å². The first-order valence-electron chi connectivity index (χ1n) is 7.65. The summed E-state index contributed by atoms with van der Waals surface area (Å²) in [5.74, 6) is 0.282. The monoisotopic (exact) mass is 286 g/mol. The predicted molar refractivity (Wildman–Crippen MR) is 82.9 cm³/mol. The fraction of sp³-hybridized carbons (Fsp3) is 0.500. The SMILES string of the molecule is CC(NCc1cc(C(N)=O)nc2cc[nH]c12)C1CCCC1. The van der Waals surface area contributed by atoms with Crippen LogP contribution in [-0.4, -0.2) is 21.9 Å². The summed E-state index contributed by atoms with van der Waals surface area (Å²) in [6, 6.07) is 4.14.